The first kappa shape index (κ1) is 16.8. The molecule has 0 saturated carbocycles. The minimum Gasteiger partial charge on any atom is -0.456 e. The van der Waals surface area contributed by atoms with E-state index in [1.165, 1.54) is 6.92 Å². The van der Waals surface area contributed by atoms with Gasteiger partial charge in [-0.2, -0.15) is 0 Å². The lowest BCUT2D eigenvalue weighted by Crippen LogP contribution is -2.19. The number of rotatable bonds is 4. The van der Waals surface area contributed by atoms with E-state index in [0.717, 1.165) is 27.5 Å². The van der Waals surface area contributed by atoms with Crippen LogP contribution in [0.1, 0.15) is 22.8 Å². The van der Waals surface area contributed by atoms with Gasteiger partial charge in [-0.15, -0.1) is 0 Å². The van der Waals surface area contributed by atoms with E-state index in [1.54, 1.807) is 12.1 Å². The van der Waals surface area contributed by atoms with Crippen LogP contribution in [0.3, 0.4) is 0 Å². The molecule has 0 aliphatic heterocycles. The van der Waals surface area contributed by atoms with Gasteiger partial charge in [0.15, 0.2) is 0 Å². The molecule has 0 fully saturated rings. The Morgan fingerprint density at radius 3 is 2.41 bits per heavy atom. The van der Waals surface area contributed by atoms with Crippen molar-refractivity contribution >= 4 is 39.4 Å². The zero-order chi connectivity index (χ0) is 18.8. The fourth-order valence-electron chi connectivity index (χ4n) is 3.01. The number of amides is 2. The van der Waals surface area contributed by atoms with Crippen molar-refractivity contribution in [2.45, 2.75) is 13.5 Å². The van der Waals surface area contributed by atoms with Crippen LogP contribution in [0.15, 0.2) is 71.1 Å². The predicted octanol–water partition coefficient (Wildman–Crippen LogP) is 4.47. The molecule has 0 spiro atoms. The Bertz CT molecular complexity index is 1140. The van der Waals surface area contributed by atoms with Gasteiger partial charge < -0.3 is 15.1 Å². The third-order valence-electron chi connectivity index (χ3n) is 4.39. The third kappa shape index (κ3) is 3.53. The molecule has 0 aliphatic carbocycles. The highest BCUT2D eigenvalue weighted by Gasteiger charge is 2.10. The highest BCUT2D eigenvalue weighted by Crippen LogP contribution is 2.30. The zero-order valence-electron chi connectivity index (χ0n) is 14.8. The molecule has 1 aromatic heterocycles. The van der Waals surface area contributed by atoms with Gasteiger partial charge in [-0.3, -0.25) is 9.59 Å². The van der Waals surface area contributed by atoms with Crippen molar-refractivity contribution in [2.24, 2.45) is 0 Å². The molecule has 0 bridgehead atoms. The standard InChI is InChI=1S/C22H18N2O3/c1-14(25)23-13-15-6-8-16(9-7-15)22(26)24-17-10-11-19-18-4-2-3-5-20(18)27-21(19)12-17/h2-12H,13H2,1H3,(H,23,25)(H,24,26). The zero-order valence-corrected chi connectivity index (χ0v) is 14.8. The summed E-state index contributed by atoms with van der Waals surface area (Å²) in [4.78, 5) is 23.5. The number of benzene rings is 3. The molecule has 0 unspecified atom stereocenters. The van der Waals surface area contributed by atoms with Crippen LogP contribution < -0.4 is 10.6 Å². The molecule has 2 amide bonds. The average molecular weight is 358 g/mol. The lowest BCUT2D eigenvalue weighted by Gasteiger charge is -2.07. The summed E-state index contributed by atoms with van der Waals surface area (Å²) in [6.07, 6.45) is 0. The maximum absolute atomic E-state index is 12.5. The molecule has 3 aromatic carbocycles. The second-order valence-corrected chi connectivity index (χ2v) is 6.37. The smallest absolute Gasteiger partial charge is 0.255 e. The Labute approximate surface area is 156 Å². The van der Waals surface area contributed by atoms with Gasteiger partial charge in [0.25, 0.3) is 5.91 Å². The summed E-state index contributed by atoms with van der Waals surface area (Å²) in [5.74, 6) is -0.283. The fraction of sp³-hybridized carbons (Fsp3) is 0.0909. The molecule has 4 rings (SSSR count). The molecule has 0 saturated heterocycles. The fourth-order valence-corrected chi connectivity index (χ4v) is 3.01. The summed E-state index contributed by atoms with van der Waals surface area (Å²) in [6.45, 7) is 1.92. The molecule has 5 heteroatoms. The SMILES string of the molecule is CC(=O)NCc1ccc(C(=O)Nc2ccc3c(c2)oc2ccccc23)cc1. The molecule has 27 heavy (non-hydrogen) atoms. The number of fused-ring (bicyclic) bond motifs is 3. The van der Waals surface area contributed by atoms with Crippen LogP contribution in [-0.4, -0.2) is 11.8 Å². The van der Waals surface area contributed by atoms with Crippen molar-refractivity contribution in [1.29, 1.82) is 0 Å². The maximum Gasteiger partial charge on any atom is 0.255 e. The first-order valence-electron chi connectivity index (χ1n) is 8.66. The first-order valence-corrected chi connectivity index (χ1v) is 8.66. The van der Waals surface area contributed by atoms with Crippen molar-refractivity contribution in [3.8, 4) is 0 Å². The number of anilines is 1. The van der Waals surface area contributed by atoms with E-state index in [4.69, 9.17) is 4.42 Å². The molecule has 5 nitrogen and oxygen atoms in total. The van der Waals surface area contributed by atoms with Crippen LogP contribution in [0.25, 0.3) is 21.9 Å². The normalized spacial score (nSPS) is 10.9. The van der Waals surface area contributed by atoms with Gasteiger partial charge in [-0.05, 0) is 35.9 Å². The Balaban J connectivity index is 1.52. The van der Waals surface area contributed by atoms with Gasteiger partial charge in [0.1, 0.15) is 11.2 Å². The number of hydrogen-bond donors (Lipinski definition) is 2. The van der Waals surface area contributed by atoms with E-state index in [2.05, 4.69) is 10.6 Å². The molecule has 1 heterocycles. The van der Waals surface area contributed by atoms with Gasteiger partial charge in [-0.1, -0.05) is 30.3 Å². The average Bonchev–Trinajstić information content (AvgIpc) is 3.04. The summed E-state index contributed by atoms with van der Waals surface area (Å²) < 4.78 is 5.86. The van der Waals surface area contributed by atoms with Crippen molar-refractivity contribution in [2.75, 3.05) is 5.32 Å². The Hall–Kier alpha value is -3.60. The van der Waals surface area contributed by atoms with Gasteiger partial charge >= 0.3 is 0 Å². The van der Waals surface area contributed by atoms with Crippen molar-refractivity contribution in [1.82, 2.24) is 5.32 Å². The maximum atomic E-state index is 12.5. The molecule has 4 aromatic rings. The summed E-state index contributed by atoms with van der Waals surface area (Å²) in [5, 5.41) is 7.70. The number of hydrogen-bond acceptors (Lipinski definition) is 3. The van der Waals surface area contributed by atoms with E-state index in [-0.39, 0.29) is 11.8 Å². The Kier molecular flexibility index (Phi) is 4.34. The van der Waals surface area contributed by atoms with Crippen molar-refractivity contribution < 1.29 is 14.0 Å². The number of furan rings is 1. The summed E-state index contributed by atoms with van der Waals surface area (Å²) in [5.41, 5.74) is 3.72. The number of nitrogens with one attached hydrogen (secondary N) is 2. The van der Waals surface area contributed by atoms with Crippen LogP contribution >= 0.6 is 0 Å². The lowest BCUT2D eigenvalue weighted by molar-refractivity contribution is -0.119. The number of carbonyl (C=O) groups is 2. The van der Waals surface area contributed by atoms with E-state index in [1.807, 2.05) is 54.6 Å². The molecular formula is C22H18N2O3. The van der Waals surface area contributed by atoms with Crippen LogP contribution in [0.2, 0.25) is 0 Å². The minimum atomic E-state index is -0.198. The monoisotopic (exact) mass is 358 g/mol. The second kappa shape index (κ2) is 6.96. The van der Waals surface area contributed by atoms with E-state index in [9.17, 15) is 9.59 Å². The van der Waals surface area contributed by atoms with E-state index < -0.39 is 0 Å². The summed E-state index contributed by atoms with van der Waals surface area (Å²) in [7, 11) is 0. The van der Waals surface area contributed by atoms with Crippen LogP contribution in [0, 0.1) is 0 Å². The Morgan fingerprint density at radius 1 is 0.889 bits per heavy atom. The van der Waals surface area contributed by atoms with E-state index in [0.29, 0.717) is 17.8 Å². The van der Waals surface area contributed by atoms with E-state index >= 15 is 0 Å². The molecular weight excluding hydrogens is 340 g/mol. The van der Waals surface area contributed by atoms with Crippen LogP contribution in [0.5, 0.6) is 0 Å². The van der Waals surface area contributed by atoms with Gasteiger partial charge in [0.2, 0.25) is 5.91 Å². The second-order valence-electron chi connectivity index (χ2n) is 6.37. The highest BCUT2D eigenvalue weighted by molar-refractivity contribution is 6.08. The molecule has 0 radical (unpaired) electrons. The first-order chi connectivity index (χ1) is 13.1. The molecule has 134 valence electrons. The third-order valence-corrected chi connectivity index (χ3v) is 4.39. The largest absolute Gasteiger partial charge is 0.456 e. The summed E-state index contributed by atoms with van der Waals surface area (Å²) >= 11 is 0. The van der Waals surface area contributed by atoms with Gasteiger partial charge in [0.05, 0.1) is 0 Å². The van der Waals surface area contributed by atoms with Crippen molar-refractivity contribution in [3.05, 3.63) is 77.9 Å². The lowest BCUT2D eigenvalue weighted by atomic mass is 10.1. The van der Waals surface area contributed by atoms with Gasteiger partial charge in [-0.25, -0.2) is 0 Å². The molecule has 0 aliphatic rings. The molecule has 0 atom stereocenters. The predicted molar refractivity (Wildman–Crippen MR) is 106 cm³/mol. The topological polar surface area (TPSA) is 71.3 Å². The number of para-hydroxylation sites is 1. The van der Waals surface area contributed by atoms with Crippen molar-refractivity contribution in [3.63, 3.8) is 0 Å². The van der Waals surface area contributed by atoms with Crippen LogP contribution in [0.4, 0.5) is 5.69 Å². The van der Waals surface area contributed by atoms with Crippen LogP contribution in [-0.2, 0) is 11.3 Å². The quantitative estimate of drug-likeness (QED) is 0.565. The Morgan fingerprint density at radius 2 is 1.63 bits per heavy atom. The summed E-state index contributed by atoms with van der Waals surface area (Å²) in [6, 6.07) is 20.6. The minimum absolute atomic E-state index is 0.0854. The van der Waals surface area contributed by atoms with Gasteiger partial charge in [0, 0.05) is 41.6 Å². The molecule has 2 N–H and O–H groups in total. The highest BCUT2D eigenvalue weighted by atomic mass is 16.3. The number of carbonyl (C=O) groups excluding carboxylic acids is 2.